The third-order valence-electron chi connectivity index (χ3n) is 2.80. The highest BCUT2D eigenvalue weighted by atomic mass is 19.1. The Bertz CT molecular complexity index is 494. The third-order valence-corrected chi connectivity index (χ3v) is 2.80. The third kappa shape index (κ3) is 6.33. The van der Waals surface area contributed by atoms with Gasteiger partial charge in [0.25, 0.3) is 0 Å². The molecule has 1 aromatic rings. The van der Waals surface area contributed by atoms with Gasteiger partial charge in [0.1, 0.15) is 5.82 Å². The molecule has 4 N–H and O–H groups in total. The van der Waals surface area contributed by atoms with E-state index in [1.165, 1.54) is 18.2 Å². The molecule has 0 spiro atoms. The highest BCUT2D eigenvalue weighted by Crippen LogP contribution is 2.10. The molecule has 1 aromatic carbocycles. The van der Waals surface area contributed by atoms with Crippen molar-refractivity contribution >= 4 is 11.8 Å². The molecule has 0 atom stereocenters. The van der Waals surface area contributed by atoms with E-state index in [-0.39, 0.29) is 24.4 Å². The van der Waals surface area contributed by atoms with E-state index in [1.807, 2.05) is 0 Å². The quantitative estimate of drug-likeness (QED) is 0.566. The van der Waals surface area contributed by atoms with Gasteiger partial charge in [0.15, 0.2) is 0 Å². The number of hydrogen-bond donors (Lipinski definition) is 3. The largest absolute Gasteiger partial charge is 0.383 e. The molecule has 21 heavy (non-hydrogen) atoms. The Kier molecular flexibility index (Phi) is 7.34. The number of nitrogens with one attached hydrogen (secondary N) is 2. The van der Waals surface area contributed by atoms with Gasteiger partial charge in [0, 0.05) is 44.3 Å². The van der Waals surface area contributed by atoms with E-state index >= 15 is 0 Å². The maximum atomic E-state index is 13.5. The van der Waals surface area contributed by atoms with Crippen molar-refractivity contribution in [3.05, 3.63) is 35.1 Å². The van der Waals surface area contributed by atoms with Crippen LogP contribution in [0.15, 0.2) is 18.2 Å². The summed E-state index contributed by atoms with van der Waals surface area (Å²) < 4.78 is 18.3. The van der Waals surface area contributed by atoms with Gasteiger partial charge in [-0.2, -0.15) is 0 Å². The fourth-order valence-corrected chi connectivity index (χ4v) is 1.67. The molecular formula is C14H20FN3O3. The Labute approximate surface area is 122 Å². The maximum absolute atomic E-state index is 13.5. The normalized spacial score (nSPS) is 10.4. The van der Waals surface area contributed by atoms with Gasteiger partial charge in [-0.05, 0) is 18.2 Å². The zero-order valence-electron chi connectivity index (χ0n) is 11.9. The summed E-state index contributed by atoms with van der Waals surface area (Å²) in [5.74, 6) is -1.13. The number of amides is 2. The first kappa shape index (κ1) is 17.1. The van der Waals surface area contributed by atoms with Crippen LogP contribution in [-0.4, -0.2) is 38.6 Å². The van der Waals surface area contributed by atoms with Crippen molar-refractivity contribution < 1.29 is 18.7 Å². The van der Waals surface area contributed by atoms with Crippen LogP contribution in [-0.2, 0) is 16.1 Å². The van der Waals surface area contributed by atoms with Crippen LogP contribution < -0.4 is 16.4 Å². The molecule has 0 aliphatic rings. The first-order valence-electron chi connectivity index (χ1n) is 6.59. The van der Waals surface area contributed by atoms with Crippen LogP contribution in [0.5, 0.6) is 0 Å². The number of methoxy groups -OCH3 is 1. The van der Waals surface area contributed by atoms with Crippen LogP contribution >= 0.6 is 0 Å². The summed E-state index contributed by atoms with van der Waals surface area (Å²) in [4.78, 5) is 22.4. The van der Waals surface area contributed by atoms with Crippen molar-refractivity contribution in [3.63, 3.8) is 0 Å². The van der Waals surface area contributed by atoms with E-state index in [1.54, 1.807) is 7.11 Å². The average molecular weight is 297 g/mol. The molecule has 0 aromatic heterocycles. The number of halogens is 1. The van der Waals surface area contributed by atoms with Gasteiger partial charge < -0.3 is 21.1 Å². The second-order valence-corrected chi connectivity index (χ2v) is 4.44. The monoisotopic (exact) mass is 297 g/mol. The molecule has 0 unspecified atom stereocenters. The molecule has 0 radical (unpaired) electrons. The number of carbonyl (C=O) groups is 2. The number of primary amides is 1. The number of rotatable bonds is 9. The second kappa shape index (κ2) is 9.04. The van der Waals surface area contributed by atoms with Crippen molar-refractivity contribution in [1.82, 2.24) is 10.6 Å². The average Bonchev–Trinajstić information content (AvgIpc) is 2.45. The fraction of sp³-hybridized carbons (Fsp3) is 0.429. The van der Waals surface area contributed by atoms with Crippen molar-refractivity contribution in [3.8, 4) is 0 Å². The number of hydrogen-bond acceptors (Lipinski definition) is 4. The molecule has 7 heteroatoms. The van der Waals surface area contributed by atoms with Crippen LogP contribution in [0.2, 0.25) is 0 Å². The van der Waals surface area contributed by atoms with Crippen molar-refractivity contribution in [2.24, 2.45) is 5.73 Å². The van der Waals surface area contributed by atoms with Crippen LogP contribution in [0.4, 0.5) is 4.39 Å². The minimum atomic E-state index is -0.603. The summed E-state index contributed by atoms with van der Waals surface area (Å²) in [5, 5.41) is 5.62. The van der Waals surface area contributed by atoms with Gasteiger partial charge in [-0.15, -0.1) is 0 Å². The minimum Gasteiger partial charge on any atom is -0.383 e. The Morgan fingerprint density at radius 3 is 2.76 bits per heavy atom. The van der Waals surface area contributed by atoms with Crippen molar-refractivity contribution in [2.75, 3.05) is 26.8 Å². The lowest BCUT2D eigenvalue weighted by molar-refractivity contribution is -0.121. The highest BCUT2D eigenvalue weighted by Gasteiger charge is 2.07. The first-order chi connectivity index (χ1) is 10.0. The van der Waals surface area contributed by atoms with Crippen molar-refractivity contribution in [2.45, 2.75) is 13.0 Å². The predicted molar refractivity (Wildman–Crippen MR) is 76.1 cm³/mol. The fourth-order valence-electron chi connectivity index (χ4n) is 1.67. The lowest BCUT2D eigenvalue weighted by Crippen LogP contribution is -2.30. The molecule has 0 aliphatic heterocycles. The number of carbonyl (C=O) groups excluding carboxylic acids is 2. The van der Waals surface area contributed by atoms with E-state index in [0.717, 1.165) is 0 Å². The zero-order valence-corrected chi connectivity index (χ0v) is 11.9. The minimum absolute atomic E-state index is 0.106. The van der Waals surface area contributed by atoms with Crippen molar-refractivity contribution in [1.29, 1.82) is 0 Å². The number of nitrogens with two attached hydrogens (primary N) is 1. The van der Waals surface area contributed by atoms with E-state index in [9.17, 15) is 14.0 Å². The van der Waals surface area contributed by atoms with Crippen LogP contribution in [0, 0.1) is 5.82 Å². The van der Waals surface area contributed by atoms with Gasteiger partial charge in [0.2, 0.25) is 11.8 Å². The Morgan fingerprint density at radius 2 is 2.10 bits per heavy atom. The number of ether oxygens (including phenoxy) is 1. The van der Waals surface area contributed by atoms with E-state index in [4.69, 9.17) is 10.5 Å². The van der Waals surface area contributed by atoms with Gasteiger partial charge in [-0.1, -0.05) is 0 Å². The van der Waals surface area contributed by atoms with Gasteiger partial charge in [-0.25, -0.2) is 4.39 Å². The Morgan fingerprint density at radius 1 is 1.33 bits per heavy atom. The summed E-state index contributed by atoms with van der Waals surface area (Å²) in [6.45, 7) is 1.55. The molecule has 0 saturated carbocycles. The lowest BCUT2D eigenvalue weighted by atomic mass is 10.1. The summed E-state index contributed by atoms with van der Waals surface area (Å²) in [6.07, 6.45) is 0.279. The van der Waals surface area contributed by atoms with E-state index < -0.39 is 11.7 Å². The summed E-state index contributed by atoms with van der Waals surface area (Å²) in [5.41, 5.74) is 5.73. The van der Waals surface area contributed by atoms with Crippen LogP contribution in [0.3, 0.4) is 0 Å². The first-order valence-corrected chi connectivity index (χ1v) is 6.59. The topological polar surface area (TPSA) is 93.4 Å². The Balaban J connectivity index is 2.34. The van der Waals surface area contributed by atoms with Crippen LogP contribution in [0.1, 0.15) is 22.3 Å². The smallest absolute Gasteiger partial charge is 0.248 e. The maximum Gasteiger partial charge on any atom is 0.248 e. The molecule has 0 aliphatic carbocycles. The number of benzene rings is 1. The molecule has 2 amide bonds. The van der Waals surface area contributed by atoms with E-state index in [0.29, 0.717) is 25.3 Å². The molecule has 116 valence electrons. The lowest BCUT2D eigenvalue weighted by Gasteiger charge is -2.08. The Hall–Kier alpha value is -1.99. The van der Waals surface area contributed by atoms with E-state index in [2.05, 4.69) is 10.6 Å². The zero-order chi connectivity index (χ0) is 15.7. The van der Waals surface area contributed by atoms with Gasteiger partial charge >= 0.3 is 0 Å². The molecule has 0 bridgehead atoms. The second-order valence-electron chi connectivity index (χ2n) is 4.44. The molecule has 0 fully saturated rings. The standard InChI is InChI=1S/C14H20FN3O3/c1-21-7-6-18-13(19)4-5-17-9-11-8-10(14(16)20)2-3-12(11)15/h2-3,8,17H,4-7,9H2,1H3,(H2,16,20)(H,18,19). The van der Waals surface area contributed by atoms with Gasteiger partial charge in [-0.3, -0.25) is 9.59 Å². The van der Waals surface area contributed by atoms with Gasteiger partial charge in [0.05, 0.1) is 6.61 Å². The molecule has 0 heterocycles. The molecule has 6 nitrogen and oxygen atoms in total. The molecule has 1 rings (SSSR count). The predicted octanol–water partition coefficient (Wildman–Crippen LogP) is 0.167. The summed E-state index contributed by atoms with van der Waals surface area (Å²) in [6, 6.07) is 3.95. The SMILES string of the molecule is COCCNC(=O)CCNCc1cc(C(N)=O)ccc1F. The molecular weight excluding hydrogens is 277 g/mol. The molecule has 0 saturated heterocycles. The summed E-state index contributed by atoms with van der Waals surface area (Å²) >= 11 is 0. The van der Waals surface area contributed by atoms with Crippen LogP contribution in [0.25, 0.3) is 0 Å². The summed E-state index contributed by atoms with van der Waals surface area (Å²) in [7, 11) is 1.56. The highest BCUT2D eigenvalue weighted by molar-refractivity contribution is 5.92.